The lowest BCUT2D eigenvalue weighted by Gasteiger charge is -2.28. The van der Waals surface area contributed by atoms with Crippen LogP contribution in [-0.2, 0) is 4.74 Å². The molecule has 1 saturated heterocycles. The average molecular weight is 520 g/mol. The van der Waals surface area contributed by atoms with Crippen molar-refractivity contribution in [1.29, 1.82) is 0 Å². The Balaban J connectivity index is 1.51. The van der Waals surface area contributed by atoms with E-state index in [9.17, 15) is 22.4 Å². The van der Waals surface area contributed by atoms with Gasteiger partial charge in [0.2, 0.25) is 5.89 Å². The van der Waals surface area contributed by atoms with E-state index >= 15 is 0 Å². The fourth-order valence-electron chi connectivity index (χ4n) is 4.02. The lowest BCUT2D eigenvalue weighted by Crippen LogP contribution is -2.36. The van der Waals surface area contributed by atoms with E-state index in [-0.39, 0.29) is 33.8 Å². The summed E-state index contributed by atoms with van der Waals surface area (Å²) in [6, 6.07) is 6.98. The third kappa shape index (κ3) is 4.38. The largest absolute Gasteiger partial charge is 0.436 e. The molecule has 0 bridgehead atoms. The number of carbonyl (C=O) groups excluding carboxylic acids is 1. The van der Waals surface area contributed by atoms with Crippen LogP contribution in [0.1, 0.15) is 15.9 Å². The Hall–Kier alpha value is -3.63. The highest BCUT2D eigenvalue weighted by Crippen LogP contribution is 2.35. The highest BCUT2D eigenvalue weighted by molar-refractivity contribution is 6.34. The number of halogens is 5. The number of nitrogens with one attached hydrogen (secondary N) is 1. The quantitative estimate of drug-likeness (QED) is 0.260. The molecule has 1 N–H and O–H groups in total. The molecule has 4 aromatic rings. The van der Waals surface area contributed by atoms with Crippen molar-refractivity contribution in [3.8, 4) is 11.5 Å². The van der Waals surface area contributed by atoms with Crippen LogP contribution in [0.4, 0.5) is 28.9 Å². The van der Waals surface area contributed by atoms with Crippen LogP contribution in [0.15, 0.2) is 40.8 Å². The zero-order chi connectivity index (χ0) is 25.6. The number of ether oxygens (including phenoxy) is 1. The van der Waals surface area contributed by atoms with Crippen LogP contribution in [0.3, 0.4) is 0 Å². The molecule has 2 heterocycles. The maximum absolute atomic E-state index is 14.9. The number of morpholine rings is 1. The summed E-state index contributed by atoms with van der Waals surface area (Å²) in [5.74, 6) is -4.84. The van der Waals surface area contributed by atoms with Gasteiger partial charge in [-0.15, -0.1) is 0 Å². The molecule has 0 saturated carbocycles. The standard InChI is InChI=1S/C25H18ClF4N3O3/c1-12-16(8-13(27)9-19(12)31-24(34)15-2-3-17(28)22(30)21(15)26)25-32-23-18(29)10-14(11-20(23)36-25)33-4-6-35-7-5-33/h2-3,8-11H,4-7H2,1H3,(H,31,34). The van der Waals surface area contributed by atoms with Gasteiger partial charge in [-0.1, -0.05) is 11.6 Å². The number of benzene rings is 3. The second-order valence-corrected chi connectivity index (χ2v) is 8.57. The van der Waals surface area contributed by atoms with Gasteiger partial charge in [0.1, 0.15) is 11.3 Å². The molecule has 3 aromatic carbocycles. The van der Waals surface area contributed by atoms with Crippen LogP contribution < -0.4 is 10.2 Å². The fourth-order valence-corrected chi connectivity index (χ4v) is 4.26. The number of nitrogens with zero attached hydrogens (tertiary/aromatic N) is 2. The molecule has 186 valence electrons. The summed E-state index contributed by atoms with van der Waals surface area (Å²) >= 11 is 5.77. The monoisotopic (exact) mass is 519 g/mol. The molecule has 1 fully saturated rings. The van der Waals surface area contributed by atoms with E-state index in [0.717, 1.165) is 24.3 Å². The molecular formula is C25H18ClF4N3O3. The molecule has 11 heteroatoms. The van der Waals surface area contributed by atoms with Crippen molar-refractivity contribution in [3.05, 3.63) is 75.8 Å². The molecule has 5 rings (SSSR count). The number of oxazole rings is 1. The van der Waals surface area contributed by atoms with Gasteiger partial charge in [0.15, 0.2) is 23.0 Å². The first kappa shape index (κ1) is 24.1. The van der Waals surface area contributed by atoms with E-state index in [4.69, 9.17) is 20.8 Å². The van der Waals surface area contributed by atoms with E-state index < -0.39 is 34.2 Å². The van der Waals surface area contributed by atoms with E-state index in [1.807, 2.05) is 4.90 Å². The van der Waals surface area contributed by atoms with Gasteiger partial charge in [-0.25, -0.2) is 22.5 Å². The summed E-state index contributed by atoms with van der Waals surface area (Å²) in [4.78, 5) is 18.8. The second-order valence-electron chi connectivity index (χ2n) is 8.20. The maximum atomic E-state index is 14.9. The highest BCUT2D eigenvalue weighted by atomic mass is 35.5. The fraction of sp³-hybridized carbons (Fsp3) is 0.200. The molecule has 6 nitrogen and oxygen atoms in total. The predicted molar refractivity (Wildman–Crippen MR) is 126 cm³/mol. The van der Waals surface area contributed by atoms with Crippen molar-refractivity contribution in [2.45, 2.75) is 6.92 Å². The number of hydrogen-bond donors (Lipinski definition) is 1. The lowest BCUT2D eigenvalue weighted by atomic mass is 10.1. The van der Waals surface area contributed by atoms with Crippen molar-refractivity contribution >= 4 is 40.0 Å². The molecule has 0 unspecified atom stereocenters. The summed E-state index contributed by atoms with van der Waals surface area (Å²) in [6.07, 6.45) is 0. The third-order valence-corrected chi connectivity index (χ3v) is 6.31. The summed E-state index contributed by atoms with van der Waals surface area (Å²) in [7, 11) is 0. The zero-order valence-corrected chi connectivity index (χ0v) is 19.6. The van der Waals surface area contributed by atoms with Crippen molar-refractivity contribution in [2.75, 3.05) is 36.5 Å². The van der Waals surface area contributed by atoms with Crippen LogP contribution >= 0.6 is 11.6 Å². The normalized spacial score (nSPS) is 13.9. The van der Waals surface area contributed by atoms with E-state index in [1.165, 1.54) is 6.07 Å². The van der Waals surface area contributed by atoms with Gasteiger partial charge in [-0.2, -0.15) is 0 Å². The van der Waals surface area contributed by atoms with Crippen LogP contribution in [0.5, 0.6) is 0 Å². The van der Waals surface area contributed by atoms with Crippen molar-refractivity contribution in [3.63, 3.8) is 0 Å². The van der Waals surface area contributed by atoms with Gasteiger partial charge < -0.3 is 19.4 Å². The Kier molecular flexibility index (Phi) is 6.31. The Morgan fingerprint density at radius 3 is 2.56 bits per heavy atom. The van der Waals surface area contributed by atoms with Gasteiger partial charge >= 0.3 is 0 Å². The van der Waals surface area contributed by atoms with Crippen LogP contribution in [0.25, 0.3) is 22.6 Å². The number of anilines is 2. The van der Waals surface area contributed by atoms with Crippen molar-refractivity contribution in [2.24, 2.45) is 0 Å². The predicted octanol–water partition coefficient (Wildman–Crippen LogP) is 6.10. The van der Waals surface area contributed by atoms with Gasteiger partial charge in [0, 0.05) is 36.1 Å². The number of rotatable bonds is 4. The van der Waals surface area contributed by atoms with Crippen LogP contribution in [0, 0.1) is 30.2 Å². The van der Waals surface area contributed by atoms with Crippen LogP contribution in [-0.4, -0.2) is 37.2 Å². The van der Waals surface area contributed by atoms with E-state index in [2.05, 4.69) is 10.3 Å². The van der Waals surface area contributed by atoms with Crippen molar-refractivity contribution < 1.29 is 31.5 Å². The summed E-state index contributed by atoms with van der Waals surface area (Å²) in [5.41, 5.74) is 0.972. The van der Waals surface area contributed by atoms with E-state index in [0.29, 0.717) is 37.6 Å². The molecule has 0 radical (unpaired) electrons. The van der Waals surface area contributed by atoms with E-state index in [1.54, 1.807) is 13.0 Å². The first-order chi connectivity index (χ1) is 17.2. The maximum Gasteiger partial charge on any atom is 0.257 e. The molecule has 1 aromatic heterocycles. The number of hydrogen-bond acceptors (Lipinski definition) is 5. The number of aromatic nitrogens is 1. The van der Waals surface area contributed by atoms with Gasteiger partial charge in [0.05, 0.1) is 23.8 Å². The number of amides is 1. The SMILES string of the molecule is Cc1c(NC(=O)c2ccc(F)c(F)c2Cl)cc(F)cc1-c1nc2c(F)cc(N3CCOCC3)cc2o1. The molecule has 1 amide bonds. The van der Waals surface area contributed by atoms with Gasteiger partial charge in [-0.3, -0.25) is 4.79 Å². The molecule has 0 aliphatic carbocycles. The second kappa shape index (κ2) is 9.44. The molecule has 0 atom stereocenters. The van der Waals surface area contributed by atoms with Crippen molar-refractivity contribution in [1.82, 2.24) is 4.98 Å². The highest BCUT2D eigenvalue weighted by Gasteiger charge is 2.22. The third-order valence-electron chi connectivity index (χ3n) is 5.94. The minimum absolute atomic E-state index is 0.0209. The smallest absolute Gasteiger partial charge is 0.257 e. The topological polar surface area (TPSA) is 67.6 Å². The number of fused-ring (bicyclic) bond motifs is 1. The number of carbonyl (C=O) groups is 1. The molecular weight excluding hydrogens is 502 g/mol. The Morgan fingerprint density at radius 2 is 1.81 bits per heavy atom. The summed E-state index contributed by atoms with van der Waals surface area (Å²) in [5, 5.41) is 1.75. The lowest BCUT2D eigenvalue weighted by molar-refractivity contribution is 0.102. The summed E-state index contributed by atoms with van der Waals surface area (Å²) in [6.45, 7) is 3.81. The van der Waals surface area contributed by atoms with Crippen LogP contribution in [0.2, 0.25) is 5.02 Å². The van der Waals surface area contributed by atoms with Gasteiger partial charge in [-0.05, 0) is 42.8 Å². The Morgan fingerprint density at radius 1 is 1.06 bits per heavy atom. The minimum Gasteiger partial charge on any atom is -0.436 e. The molecule has 1 aliphatic rings. The zero-order valence-electron chi connectivity index (χ0n) is 18.8. The Labute approximate surface area is 207 Å². The molecule has 0 spiro atoms. The molecule has 1 aliphatic heterocycles. The minimum atomic E-state index is -1.37. The first-order valence-corrected chi connectivity index (χ1v) is 11.3. The average Bonchev–Trinajstić information content (AvgIpc) is 3.30. The molecule has 36 heavy (non-hydrogen) atoms. The Bertz CT molecular complexity index is 1500. The first-order valence-electron chi connectivity index (χ1n) is 10.9. The van der Waals surface area contributed by atoms with Gasteiger partial charge in [0.25, 0.3) is 5.91 Å². The summed E-state index contributed by atoms with van der Waals surface area (Å²) < 4.78 is 67.7.